The molecule has 0 atom stereocenters. The standard InChI is InChI=1S/C18H22ClN3O3/c1-18(2,22-7-9-24-10-8-22)11-20-17(23)15-16(25-12-21-15)13-5-3-4-6-14(13)19/h3-6,12H,7-11H2,1-2H3,(H,20,23). The predicted octanol–water partition coefficient (Wildman–Crippen LogP) is 2.84. The lowest BCUT2D eigenvalue weighted by molar-refractivity contribution is -0.00924. The van der Waals surface area contributed by atoms with Crippen molar-refractivity contribution in [2.45, 2.75) is 19.4 Å². The van der Waals surface area contributed by atoms with Crippen molar-refractivity contribution in [2.75, 3.05) is 32.8 Å². The summed E-state index contributed by atoms with van der Waals surface area (Å²) in [5.74, 6) is 0.109. The highest BCUT2D eigenvalue weighted by molar-refractivity contribution is 6.33. The average molecular weight is 364 g/mol. The highest BCUT2D eigenvalue weighted by Crippen LogP contribution is 2.30. The smallest absolute Gasteiger partial charge is 0.273 e. The molecule has 1 saturated heterocycles. The fourth-order valence-electron chi connectivity index (χ4n) is 2.91. The van der Waals surface area contributed by atoms with Gasteiger partial charge in [-0.05, 0) is 26.0 Å². The van der Waals surface area contributed by atoms with Crippen LogP contribution in [0.5, 0.6) is 0 Å². The molecule has 0 saturated carbocycles. The Morgan fingerprint density at radius 2 is 2.04 bits per heavy atom. The maximum atomic E-state index is 12.6. The molecule has 0 aliphatic carbocycles. The quantitative estimate of drug-likeness (QED) is 0.884. The van der Waals surface area contributed by atoms with Crippen molar-refractivity contribution in [3.63, 3.8) is 0 Å². The summed E-state index contributed by atoms with van der Waals surface area (Å²) >= 11 is 6.21. The minimum Gasteiger partial charge on any atom is -0.443 e. The lowest BCUT2D eigenvalue weighted by Crippen LogP contribution is -2.55. The van der Waals surface area contributed by atoms with Crippen molar-refractivity contribution in [1.82, 2.24) is 15.2 Å². The molecule has 1 aliphatic rings. The van der Waals surface area contributed by atoms with Gasteiger partial charge in [0, 0.05) is 30.7 Å². The molecule has 134 valence electrons. The van der Waals surface area contributed by atoms with Crippen LogP contribution in [0.2, 0.25) is 5.02 Å². The Hall–Kier alpha value is -1.89. The second-order valence-corrected chi connectivity index (χ2v) is 7.01. The Morgan fingerprint density at radius 3 is 2.76 bits per heavy atom. The van der Waals surface area contributed by atoms with Crippen molar-refractivity contribution in [3.05, 3.63) is 41.4 Å². The van der Waals surface area contributed by atoms with Crippen molar-refractivity contribution in [2.24, 2.45) is 0 Å². The van der Waals surface area contributed by atoms with Crippen LogP contribution in [-0.2, 0) is 4.74 Å². The number of carbonyl (C=O) groups is 1. The number of halogens is 1. The molecule has 1 fully saturated rings. The van der Waals surface area contributed by atoms with Gasteiger partial charge in [0.05, 0.1) is 18.2 Å². The van der Waals surface area contributed by atoms with Gasteiger partial charge in [-0.1, -0.05) is 23.7 Å². The van der Waals surface area contributed by atoms with Crippen LogP contribution in [0.4, 0.5) is 0 Å². The normalized spacial score (nSPS) is 16.0. The van der Waals surface area contributed by atoms with E-state index >= 15 is 0 Å². The average Bonchev–Trinajstić information content (AvgIpc) is 3.10. The molecule has 1 aliphatic heterocycles. The summed E-state index contributed by atoms with van der Waals surface area (Å²) in [7, 11) is 0. The summed E-state index contributed by atoms with van der Waals surface area (Å²) in [4.78, 5) is 19.0. The van der Waals surface area contributed by atoms with Gasteiger partial charge in [-0.2, -0.15) is 0 Å². The third-order valence-electron chi connectivity index (χ3n) is 4.45. The number of benzene rings is 1. The Labute approximate surface area is 152 Å². The molecule has 0 bridgehead atoms. The van der Waals surface area contributed by atoms with Gasteiger partial charge in [-0.25, -0.2) is 4.98 Å². The molecule has 2 heterocycles. The summed E-state index contributed by atoms with van der Waals surface area (Å²) in [6, 6.07) is 7.22. The topological polar surface area (TPSA) is 67.6 Å². The molecule has 25 heavy (non-hydrogen) atoms. The molecule has 1 aromatic carbocycles. The lowest BCUT2D eigenvalue weighted by Gasteiger charge is -2.40. The number of oxazole rings is 1. The Balaban J connectivity index is 1.70. The highest BCUT2D eigenvalue weighted by Gasteiger charge is 2.29. The minimum atomic E-state index is -0.273. The third-order valence-corrected chi connectivity index (χ3v) is 4.78. The summed E-state index contributed by atoms with van der Waals surface area (Å²) in [5.41, 5.74) is 0.721. The zero-order valence-corrected chi connectivity index (χ0v) is 15.2. The Bertz CT molecular complexity index is 739. The maximum Gasteiger partial charge on any atom is 0.273 e. The van der Waals surface area contributed by atoms with Gasteiger partial charge < -0.3 is 14.5 Å². The largest absolute Gasteiger partial charge is 0.443 e. The fraction of sp³-hybridized carbons (Fsp3) is 0.444. The number of aromatic nitrogens is 1. The zero-order valence-electron chi connectivity index (χ0n) is 14.4. The van der Waals surface area contributed by atoms with E-state index in [1.807, 2.05) is 12.1 Å². The van der Waals surface area contributed by atoms with Crippen LogP contribution in [0.3, 0.4) is 0 Å². The number of hydrogen-bond acceptors (Lipinski definition) is 5. The number of nitrogens with zero attached hydrogens (tertiary/aromatic N) is 2. The van der Waals surface area contributed by atoms with Crippen molar-refractivity contribution in [3.8, 4) is 11.3 Å². The first-order valence-corrected chi connectivity index (χ1v) is 8.66. The van der Waals surface area contributed by atoms with E-state index in [1.165, 1.54) is 6.39 Å². The molecule has 0 unspecified atom stereocenters. The number of hydrogen-bond donors (Lipinski definition) is 1. The summed E-state index contributed by atoms with van der Waals surface area (Å²) in [6.07, 6.45) is 1.26. The van der Waals surface area contributed by atoms with Gasteiger partial charge in [-0.15, -0.1) is 0 Å². The molecular weight excluding hydrogens is 342 g/mol. The SMILES string of the molecule is CC(C)(CNC(=O)c1ncoc1-c1ccccc1Cl)N1CCOCC1. The van der Waals surface area contributed by atoms with Gasteiger partial charge in [0.15, 0.2) is 17.8 Å². The van der Waals surface area contributed by atoms with Crippen LogP contribution in [-0.4, -0.2) is 54.2 Å². The summed E-state index contributed by atoms with van der Waals surface area (Å²) in [6.45, 7) is 7.87. The van der Waals surface area contributed by atoms with E-state index in [2.05, 4.69) is 29.0 Å². The van der Waals surface area contributed by atoms with Crippen molar-refractivity contribution in [1.29, 1.82) is 0 Å². The molecule has 1 N–H and O–H groups in total. The molecule has 3 rings (SSSR count). The van der Waals surface area contributed by atoms with Crippen LogP contribution in [0.1, 0.15) is 24.3 Å². The number of nitrogens with one attached hydrogen (secondary N) is 1. The van der Waals surface area contributed by atoms with E-state index in [0.29, 0.717) is 22.9 Å². The van der Waals surface area contributed by atoms with E-state index < -0.39 is 0 Å². The monoisotopic (exact) mass is 363 g/mol. The summed E-state index contributed by atoms with van der Waals surface area (Å²) in [5, 5.41) is 3.48. The van der Waals surface area contributed by atoms with Crippen LogP contribution in [0.15, 0.2) is 35.1 Å². The molecule has 7 heteroatoms. The zero-order chi connectivity index (χ0) is 17.9. The van der Waals surface area contributed by atoms with Gasteiger partial charge in [-0.3, -0.25) is 9.69 Å². The maximum absolute atomic E-state index is 12.6. The van der Waals surface area contributed by atoms with E-state index in [0.717, 1.165) is 26.3 Å². The van der Waals surface area contributed by atoms with Crippen LogP contribution in [0, 0.1) is 0 Å². The third kappa shape index (κ3) is 4.03. The molecular formula is C18H22ClN3O3. The van der Waals surface area contributed by atoms with Crippen LogP contribution >= 0.6 is 11.6 Å². The first-order chi connectivity index (χ1) is 12.0. The molecule has 2 aromatic rings. The fourth-order valence-corrected chi connectivity index (χ4v) is 3.13. The predicted molar refractivity (Wildman–Crippen MR) is 95.8 cm³/mol. The van der Waals surface area contributed by atoms with Gasteiger partial charge in [0.25, 0.3) is 5.91 Å². The van der Waals surface area contributed by atoms with Gasteiger partial charge >= 0.3 is 0 Å². The Kier molecular flexibility index (Phi) is 5.42. The van der Waals surface area contributed by atoms with Crippen molar-refractivity contribution < 1.29 is 13.9 Å². The number of carbonyl (C=O) groups excluding carboxylic acids is 1. The lowest BCUT2D eigenvalue weighted by atomic mass is 10.0. The molecule has 1 aromatic heterocycles. The Morgan fingerprint density at radius 1 is 1.32 bits per heavy atom. The number of morpholine rings is 1. The van der Waals surface area contributed by atoms with E-state index in [9.17, 15) is 4.79 Å². The highest BCUT2D eigenvalue weighted by atomic mass is 35.5. The van der Waals surface area contributed by atoms with E-state index in [-0.39, 0.29) is 17.1 Å². The van der Waals surface area contributed by atoms with Gasteiger partial charge in [0.2, 0.25) is 0 Å². The van der Waals surface area contributed by atoms with Crippen LogP contribution in [0.25, 0.3) is 11.3 Å². The molecule has 0 spiro atoms. The molecule has 6 nitrogen and oxygen atoms in total. The molecule has 1 amide bonds. The second kappa shape index (κ2) is 7.56. The first kappa shape index (κ1) is 17.9. The molecule has 0 radical (unpaired) electrons. The summed E-state index contributed by atoms with van der Waals surface area (Å²) < 4.78 is 10.8. The van der Waals surface area contributed by atoms with Gasteiger partial charge in [0.1, 0.15) is 0 Å². The number of rotatable bonds is 5. The number of amides is 1. The first-order valence-electron chi connectivity index (χ1n) is 8.28. The van der Waals surface area contributed by atoms with Crippen molar-refractivity contribution >= 4 is 17.5 Å². The number of ether oxygens (including phenoxy) is 1. The van der Waals surface area contributed by atoms with E-state index in [4.69, 9.17) is 20.8 Å². The van der Waals surface area contributed by atoms with Crippen LogP contribution < -0.4 is 5.32 Å². The van der Waals surface area contributed by atoms with E-state index in [1.54, 1.807) is 12.1 Å². The second-order valence-electron chi connectivity index (χ2n) is 6.60. The minimum absolute atomic E-state index is 0.173.